The number of alkyl halides is 1. The van der Waals surface area contributed by atoms with Gasteiger partial charge in [0.25, 0.3) is 0 Å². The Bertz CT molecular complexity index is 978. The molecule has 0 aromatic heterocycles. The minimum absolute atomic E-state index is 0.0506. The van der Waals surface area contributed by atoms with E-state index in [4.69, 9.17) is 11.6 Å². The van der Waals surface area contributed by atoms with Gasteiger partial charge in [-0.3, -0.25) is 9.59 Å². The molecule has 32 heavy (non-hydrogen) atoms. The van der Waals surface area contributed by atoms with E-state index in [1.54, 1.807) is 36.4 Å². The van der Waals surface area contributed by atoms with Gasteiger partial charge in [-0.05, 0) is 25.2 Å². The molecule has 2 aromatic rings. The maximum absolute atomic E-state index is 13.4. The number of rotatable bonds is 11. The first-order chi connectivity index (χ1) is 15.4. The number of carbonyl (C=O) groups is 2. The second-order valence-corrected chi connectivity index (χ2v) is 8.13. The minimum atomic E-state index is -0.790. The summed E-state index contributed by atoms with van der Waals surface area (Å²) >= 11 is 5.69. The van der Waals surface area contributed by atoms with Crippen molar-refractivity contribution in [3.05, 3.63) is 58.7 Å². The molecule has 3 rings (SSSR count). The molecular weight excluding hydrogens is 430 g/mol. The topological polar surface area (TPSA) is 102 Å². The molecule has 0 saturated heterocycles. The molecule has 1 aliphatic carbocycles. The number of hydrogen-bond acceptors (Lipinski definition) is 7. The van der Waals surface area contributed by atoms with Crippen molar-refractivity contribution in [3.8, 4) is 0 Å². The molecule has 0 fully saturated rings. The van der Waals surface area contributed by atoms with Crippen molar-refractivity contribution in [1.82, 2.24) is 4.90 Å². The normalized spacial score (nSPS) is 14.7. The van der Waals surface area contributed by atoms with Gasteiger partial charge in [-0.15, -0.1) is 11.6 Å². The van der Waals surface area contributed by atoms with Gasteiger partial charge in [-0.2, -0.15) is 0 Å². The van der Waals surface area contributed by atoms with Gasteiger partial charge in [0.05, 0.1) is 29.2 Å². The Labute approximate surface area is 193 Å². The number of likely N-dealkylation sites (N-methyl/N-ethyl adjacent to an activating group) is 1. The number of benzene rings is 2. The third-order valence-corrected chi connectivity index (χ3v) is 6.03. The highest BCUT2D eigenvalue weighted by Crippen LogP contribution is 2.36. The van der Waals surface area contributed by atoms with E-state index in [0.717, 1.165) is 13.1 Å². The minimum Gasteiger partial charge on any atom is -0.390 e. The van der Waals surface area contributed by atoms with Crippen molar-refractivity contribution >= 4 is 34.5 Å². The first-order valence-corrected chi connectivity index (χ1v) is 11.4. The zero-order chi connectivity index (χ0) is 23.3. The number of fused-ring (bicyclic) bond motifs is 2. The van der Waals surface area contributed by atoms with E-state index in [2.05, 4.69) is 15.5 Å². The number of halogens is 1. The van der Waals surface area contributed by atoms with E-state index in [9.17, 15) is 19.8 Å². The summed E-state index contributed by atoms with van der Waals surface area (Å²) in [5.41, 5.74) is 2.20. The summed E-state index contributed by atoms with van der Waals surface area (Å²) in [5, 5.41) is 26.5. The predicted octanol–water partition coefficient (Wildman–Crippen LogP) is 2.59. The van der Waals surface area contributed by atoms with Crippen molar-refractivity contribution in [2.75, 3.05) is 49.2 Å². The number of nitrogens with zero attached hydrogens (tertiary/aromatic N) is 1. The zero-order valence-corrected chi connectivity index (χ0v) is 19.2. The molecule has 8 heteroatoms. The fraction of sp³-hybridized carbons (Fsp3) is 0.417. The Hall–Kier alpha value is -2.45. The van der Waals surface area contributed by atoms with Crippen LogP contribution in [0.1, 0.15) is 45.7 Å². The van der Waals surface area contributed by atoms with Gasteiger partial charge in [0.1, 0.15) is 0 Å². The number of nitrogens with one attached hydrogen (secondary N) is 2. The lowest BCUT2D eigenvalue weighted by Gasteiger charge is -2.26. The molecule has 0 spiro atoms. The number of anilines is 2. The molecule has 1 aliphatic rings. The number of aliphatic hydroxyl groups excluding tert-OH is 2. The first-order valence-electron chi connectivity index (χ1n) is 10.9. The van der Waals surface area contributed by atoms with E-state index in [-0.39, 0.29) is 41.7 Å². The van der Waals surface area contributed by atoms with Crippen molar-refractivity contribution < 1.29 is 19.8 Å². The summed E-state index contributed by atoms with van der Waals surface area (Å²) in [6.07, 6.45) is -1.43. The van der Waals surface area contributed by atoms with Crippen LogP contribution in [0.15, 0.2) is 36.4 Å². The summed E-state index contributed by atoms with van der Waals surface area (Å²) in [7, 11) is 0. The third kappa shape index (κ3) is 5.13. The highest BCUT2D eigenvalue weighted by molar-refractivity contribution is 6.31. The summed E-state index contributed by atoms with van der Waals surface area (Å²) < 4.78 is 0. The molecule has 7 nitrogen and oxygen atoms in total. The maximum Gasteiger partial charge on any atom is 0.196 e. The van der Waals surface area contributed by atoms with Gasteiger partial charge < -0.3 is 25.7 Å². The summed E-state index contributed by atoms with van der Waals surface area (Å²) in [6, 6.07) is 10.2. The smallest absolute Gasteiger partial charge is 0.196 e. The number of carbonyl (C=O) groups excluding carboxylic acids is 2. The first kappa shape index (κ1) is 24.2. The number of ketones is 2. The molecule has 0 radical (unpaired) electrons. The molecule has 172 valence electrons. The molecule has 0 unspecified atom stereocenters. The van der Waals surface area contributed by atoms with Crippen LogP contribution in [0, 0.1) is 0 Å². The van der Waals surface area contributed by atoms with Crippen LogP contribution in [0.25, 0.3) is 0 Å². The molecule has 0 heterocycles. The van der Waals surface area contributed by atoms with E-state index in [0.29, 0.717) is 29.0 Å². The molecular formula is C24H30ClN3O4. The molecule has 0 saturated carbocycles. The molecule has 0 amide bonds. The highest BCUT2D eigenvalue weighted by Gasteiger charge is 2.34. The quantitative estimate of drug-likeness (QED) is 0.327. The Morgan fingerprint density at radius 3 is 1.75 bits per heavy atom. The Kier molecular flexibility index (Phi) is 8.26. The zero-order valence-electron chi connectivity index (χ0n) is 18.4. The Morgan fingerprint density at radius 1 is 0.844 bits per heavy atom. The van der Waals surface area contributed by atoms with Crippen LogP contribution in [0.5, 0.6) is 0 Å². The van der Waals surface area contributed by atoms with E-state index < -0.39 is 12.2 Å². The lowest BCUT2D eigenvalue weighted by atomic mass is 9.82. The second-order valence-electron chi connectivity index (χ2n) is 7.82. The number of aliphatic hydroxyl groups is 2. The van der Waals surface area contributed by atoms with Crippen LogP contribution < -0.4 is 10.6 Å². The van der Waals surface area contributed by atoms with Crippen LogP contribution in [-0.2, 0) is 0 Å². The molecule has 0 bridgehead atoms. The fourth-order valence-electron chi connectivity index (χ4n) is 3.87. The second kappa shape index (κ2) is 10.9. The Balaban J connectivity index is 1.94. The van der Waals surface area contributed by atoms with Crippen molar-refractivity contribution in [2.24, 2.45) is 0 Å². The average Bonchev–Trinajstić information content (AvgIpc) is 2.82. The standard InChI is InChI=1S/C24H30ClN3O4/c1-3-28(4-2)14-16(30)13-27-20-10-9-19(26-12-15(29)11-25)21-22(20)24(32)18-8-6-5-7-17(18)23(21)31/h5-10,15-16,26-27,29-30H,3-4,11-14H2,1-2H3/t15-,16+/m1/s1. The van der Waals surface area contributed by atoms with Gasteiger partial charge in [-0.25, -0.2) is 0 Å². The highest BCUT2D eigenvalue weighted by atomic mass is 35.5. The average molecular weight is 460 g/mol. The lowest BCUT2D eigenvalue weighted by molar-refractivity contribution is 0.0980. The maximum atomic E-state index is 13.4. The van der Waals surface area contributed by atoms with E-state index in [1.807, 2.05) is 13.8 Å². The van der Waals surface area contributed by atoms with Crippen molar-refractivity contribution in [2.45, 2.75) is 26.1 Å². The SMILES string of the molecule is CCN(CC)C[C@@H](O)CNc1ccc(NC[C@H](O)CCl)c2c1C(=O)c1ccccc1C2=O. The monoisotopic (exact) mass is 459 g/mol. The summed E-state index contributed by atoms with van der Waals surface area (Å²) in [6.45, 7) is 6.64. The van der Waals surface area contributed by atoms with Crippen LogP contribution in [0.2, 0.25) is 0 Å². The van der Waals surface area contributed by atoms with Crippen molar-refractivity contribution in [1.29, 1.82) is 0 Å². The van der Waals surface area contributed by atoms with E-state index >= 15 is 0 Å². The summed E-state index contributed by atoms with van der Waals surface area (Å²) in [4.78, 5) is 28.8. The molecule has 4 N–H and O–H groups in total. The molecule has 0 aliphatic heterocycles. The molecule has 2 aromatic carbocycles. The van der Waals surface area contributed by atoms with Crippen LogP contribution >= 0.6 is 11.6 Å². The number of hydrogen-bond donors (Lipinski definition) is 4. The van der Waals surface area contributed by atoms with Gasteiger partial charge in [0, 0.05) is 42.1 Å². The van der Waals surface area contributed by atoms with Crippen LogP contribution in [0.3, 0.4) is 0 Å². The third-order valence-electron chi connectivity index (χ3n) is 5.67. The largest absolute Gasteiger partial charge is 0.390 e. The van der Waals surface area contributed by atoms with E-state index in [1.165, 1.54) is 0 Å². The predicted molar refractivity (Wildman–Crippen MR) is 127 cm³/mol. The van der Waals surface area contributed by atoms with Gasteiger partial charge in [0.2, 0.25) is 0 Å². The van der Waals surface area contributed by atoms with Crippen LogP contribution in [-0.4, -0.2) is 77.5 Å². The van der Waals surface area contributed by atoms with Gasteiger partial charge in [-0.1, -0.05) is 38.1 Å². The van der Waals surface area contributed by atoms with Gasteiger partial charge in [0.15, 0.2) is 11.6 Å². The van der Waals surface area contributed by atoms with Crippen LogP contribution in [0.4, 0.5) is 11.4 Å². The van der Waals surface area contributed by atoms with Crippen molar-refractivity contribution in [3.63, 3.8) is 0 Å². The lowest BCUT2D eigenvalue weighted by Crippen LogP contribution is -2.36. The summed E-state index contributed by atoms with van der Waals surface area (Å²) in [5.74, 6) is -0.461. The Morgan fingerprint density at radius 2 is 1.31 bits per heavy atom. The fourth-order valence-corrected chi connectivity index (χ4v) is 3.98. The van der Waals surface area contributed by atoms with Gasteiger partial charge >= 0.3 is 0 Å². The molecule has 2 atom stereocenters.